The largest absolute Gasteiger partial charge is 0.543 e. The molecule has 31 heavy (non-hydrogen) atoms. The van der Waals surface area contributed by atoms with Crippen LogP contribution in [0.15, 0.2) is 24.3 Å². The molecule has 2 rings (SSSR count). The van der Waals surface area contributed by atoms with Crippen LogP contribution >= 0.6 is 0 Å². The van der Waals surface area contributed by atoms with Gasteiger partial charge < -0.3 is 19.0 Å². The third-order valence-corrected chi connectivity index (χ3v) is 11.0. The molecule has 0 amide bonds. The minimum Gasteiger partial charge on any atom is -0.543 e. The highest BCUT2D eigenvalue weighted by Crippen LogP contribution is 2.44. The first-order valence-corrected chi connectivity index (χ1v) is 13.9. The molecule has 2 aromatic carbocycles. The average Bonchev–Trinajstić information content (AvgIpc) is 2.67. The van der Waals surface area contributed by atoms with E-state index >= 15 is 0 Å². The topological polar surface area (TPSA) is 47.9 Å². The molecule has 5 heteroatoms. The molecular weight excluding hydrogens is 404 g/mol. The van der Waals surface area contributed by atoms with Crippen molar-refractivity contribution in [2.24, 2.45) is 0 Å². The molecule has 0 fully saturated rings. The van der Waals surface area contributed by atoms with Crippen LogP contribution in [-0.4, -0.2) is 27.6 Å². The molecule has 0 saturated heterocycles. The van der Waals surface area contributed by atoms with Crippen LogP contribution < -0.4 is 13.9 Å². The summed E-state index contributed by atoms with van der Waals surface area (Å²) in [4.78, 5) is 0. The smallest absolute Gasteiger partial charge is 0.250 e. The van der Waals surface area contributed by atoms with E-state index in [1.165, 1.54) is 0 Å². The van der Waals surface area contributed by atoms with Crippen LogP contribution in [0.25, 0.3) is 0 Å². The molecule has 0 aromatic heterocycles. The van der Waals surface area contributed by atoms with Gasteiger partial charge >= 0.3 is 0 Å². The molecule has 172 valence electrons. The second-order valence-corrected chi connectivity index (χ2v) is 14.9. The molecule has 0 spiro atoms. The highest BCUT2D eigenvalue weighted by molar-refractivity contribution is 6.74. The van der Waals surface area contributed by atoms with Gasteiger partial charge in [0.25, 0.3) is 0 Å². The molecule has 0 radical (unpaired) electrons. The fourth-order valence-electron chi connectivity index (χ4n) is 3.72. The number of aliphatic hydroxyl groups excluding tert-OH is 1. The summed E-state index contributed by atoms with van der Waals surface area (Å²) < 4.78 is 18.0. The van der Waals surface area contributed by atoms with Crippen molar-refractivity contribution >= 4 is 8.32 Å². The Morgan fingerprint density at radius 3 is 1.94 bits per heavy atom. The number of hydrogen-bond acceptors (Lipinski definition) is 4. The third kappa shape index (κ3) is 4.93. The van der Waals surface area contributed by atoms with Crippen molar-refractivity contribution in [1.29, 1.82) is 0 Å². The summed E-state index contributed by atoms with van der Waals surface area (Å²) in [6, 6.07) is 7.88. The highest BCUT2D eigenvalue weighted by Gasteiger charge is 2.39. The zero-order valence-corrected chi connectivity index (χ0v) is 22.1. The minimum absolute atomic E-state index is 0.0917. The van der Waals surface area contributed by atoms with Crippen molar-refractivity contribution in [3.8, 4) is 17.2 Å². The van der Waals surface area contributed by atoms with E-state index < -0.39 is 14.4 Å². The van der Waals surface area contributed by atoms with Gasteiger partial charge in [0.15, 0.2) is 0 Å². The summed E-state index contributed by atoms with van der Waals surface area (Å²) in [6.07, 6.45) is -0.832. The second kappa shape index (κ2) is 9.25. The van der Waals surface area contributed by atoms with Crippen LogP contribution in [0.4, 0.5) is 0 Å². The van der Waals surface area contributed by atoms with Crippen LogP contribution in [0.1, 0.15) is 74.5 Å². The third-order valence-electron chi connectivity index (χ3n) is 6.61. The van der Waals surface area contributed by atoms with Crippen molar-refractivity contribution in [2.45, 2.75) is 78.6 Å². The van der Waals surface area contributed by atoms with Gasteiger partial charge in [0.05, 0.1) is 14.2 Å². The van der Waals surface area contributed by atoms with Crippen LogP contribution in [0.2, 0.25) is 18.1 Å². The number of rotatable bonds is 7. The summed E-state index contributed by atoms with van der Waals surface area (Å²) in [5.41, 5.74) is 4.57. The number of methoxy groups -OCH3 is 2. The first kappa shape index (κ1) is 25.3. The lowest BCUT2D eigenvalue weighted by Gasteiger charge is -2.37. The predicted molar refractivity (Wildman–Crippen MR) is 131 cm³/mol. The summed E-state index contributed by atoms with van der Waals surface area (Å²) in [7, 11) is 1.30. The maximum absolute atomic E-state index is 11.6. The summed E-state index contributed by atoms with van der Waals surface area (Å²) in [5, 5.41) is 11.6. The van der Waals surface area contributed by atoms with E-state index in [0.29, 0.717) is 5.75 Å². The molecule has 2 aromatic rings. The quantitative estimate of drug-likeness (QED) is 0.471. The summed E-state index contributed by atoms with van der Waals surface area (Å²) >= 11 is 0. The maximum Gasteiger partial charge on any atom is 0.250 e. The van der Waals surface area contributed by atoms with Crippen LogP contribution in [-0.2, 0) is 0 Å². The Hall–Kier alpha value is -1.98. The maximum atomic E-state index is 11.6. The molecule has 0 bridgehead atoms. The number of benzene rings is 2. The van der Waals surface area contributed by atoms with Gasteiger partial charge in [0, 0.05) is 11.1 Å². The van der Waals surface area contributed by atoms with Crippen LogP contribution in [0.5, 0.6) is 17.2 Å². The molecular formula is C26H40O4Si. The standard InChI is InChI=1S/C26H40O4Si/c1-16(2)22-21(28-8)15-13-19(25(22)29-9)24(27)23-17(3)12-14-20(18(23)4)30-31(10,11)26(5,6)7/h12-16,24,27H,1-11H3. The fourth-order valence-corrected chi connectivity index (χ4v) is 4.80. The number of ether oxygens (including phenoxy) is 2. The van der Waals surface area contributed by atoms with Crippen molar-refractivity contribution in [3.63, 3.8) is 0 Å². The summed E-state index contributed by atoms with van der Waals surface area (Å²) in [6.45, 7) is 19.4. The number of aliphatic hydroxyl groups is 1. The van der Waals surface area contributed by atoms with Crippen molar-refractivity contribution in [2.75, 3.05) is 14.2 Å². The molecule has 0 heterocycles. The number of hydrogen-bond donors (Lipinski definition) is 1. The minimum atomic E-state index is -2.01. The first-order chi connectivity index (χ1) is 14.3. The molecule has 4 nitrogen and oxygen atoms in total. The van der Waals surface area contributed by atoms with Gasteiger partial charge in [0.1, 0.15) is 23.4 Å². The Balaban J connectivity index is 2.64. The van der Waals surface area contributed by atoms with Gasteiger partial charge in [-0.25, -0.2) is 0 Å². The van der Waals surface area contributed by atoms with Gasteiger partial charge in [-0.05, 0) is 72.8 Å². The normalized spacial score (nSPS) is 13.3. The monoisotopic (exact) mass is 444 g/mol. The van der Waals surface area contributed by atoms with Crippen LogP contribution in [0, 0.1) is 13.8 Å². The van der Waals surface area contributed by atoms with Gasteiger partial charge in [-0.2, -0.15) is 0 Å². The van der Waals surface area contributed by atoms with Crippen molar-refractivity contribution in [3.05, 3.63) is 52.1 Å². The second-order valence-electron chi connectivity index (χ2n) is 10.1. The molecule has 0 aliphatic carbocycles. The zero-order chi connectivity index (χ0) is 23.7. The van der Waals surface area contributed by atoms with E-state index in [2.05, 4.69) is 47.7 Å². The van der Waals surface area contributed by atoms with Gasteiger partial charge in [-0.15, -0.1) is 0 Å². The molecule has 0 saturated carbocycles. The number of aryl methyl sites for hydroxylation is 1. The molecule has 1 N–H and O–H groups in total. The molecule has 1 atom stereocenters. The SMILES string of the molecule is COc1ccc(C(O)c2c(C)ccc(O[Si](C)(C)C(C)(C)C)c2C)c(OC)c1C(C)C. The zero-order valence-electron chi connectivity index (χ0n) is 21.1. The predicted octanol–water partition coefficient (Wildman–Crippen LogP) is 6.91. The fraction of sp³-hybridized carbons (Fsp3) is 0.538. The Bertz CT molecular complexity index is 926. The van der Waals surface area contributed by atoms with E-state index in [9.17, 15) is 5.11 Å². The molecule has 1 unspecified atom stereocenters. The lowest BCUT2D eigenvalue weighted by molar-refractivity contribution is 0.212. The highest BCUT2D eigenvalue weighted by atomic mass is 28.4. The van der Waals surface area contributed by atoms with E-state index in [0.717, 1.165) is 39.3 Å². The van der Waals surface area contributed by atoms with E-state index in [1.807, 2.05) is 38.1 Å². The van der Waals surface area contributed by atoms with Crippen molar-refractivity contribution < 1.29 is 19.0 Å². The lowest BCUT2D eigenvalue weighted by atomic mass is 9.89. The Morgan fingerprint density at radius 1 is 0.871 bits per heavy atom. The van der Waals surface area contributed by atoms with E-state index in [-0.39, 0.29) is 11.0 Å². The first-order valence-electron chi connectivity index (χ1n) is 11.0. The Labute approximate surface area is 189 Å². The van der Waals surface area contributed by atoms with Crippen molar-refractivity contribution in [1.82, 2.24) is 0 Å². The Kier molecular flexibility index (Phi) is 7.54. The average molecular weight is 445 g/mol. The van der Waals surface area contributed by atoms with Gasteiger partial charge in [-0.1, -0.05) is 40.7 Å². The van der Waals surface area contributed by atoms with Gasteiger partial charge in [-0.3, -0.25) is 0 Å². The van der Waals surface area contributed by atoms with E-state index in [4.69, 9.17) is 13.9 Å². The summed E-state index contributed by atoms with van der Waals surface area (Å²) in [5.74, 6) is 2.48. The van der Waals surface area contributed by atoms with Crippen LogP contribution in [0.3, 0.4) is 0 Å². The Morgan fingerprint density at radius 2 is 1.45 bits per heavy atom. The van der Waals surface area contributed by atoms with E-state index in [1.54, 1.807) is 14.2 Å². The lowest BCUT2D eigenvalue weighted by Crippen LogP contribution is -2.44. The molecule has 0 aliphatic heterocycles. The molecule has 0 aliphatic rings. The van der Waals surface area contributed by atoms with Gasteiger partial charge in [0.2, 0.25) is 8.32 Å².